The zero-order valence-corrected chi connectivity index (χ0v) is 20.5. The predicted octanol–water partition coefficient (Wildman–Crippen LogP) is 4.88. The summed E-state index contributed by atoms with van der Waals surface area (Å²) in [6.45, 7) is 3.59. The van der Waals surface area contributed by atoms with Crippen LogP contribution in [0, 0.1) is 25.2 Å². The Morgan fingerprint density at radius 1 is 0.889 bits per heavy atom. The summed E-state index contributed by atoms with van der Waals surface area (Å²) in [6.07, 6.45) is 1.46. The monoisotopic (exact) mass is 485 g/mol. The zero-order valence-electron chi connectivity index (χ0n) is 20.5. The topological polar surface area (TPSA) is 110 Å². The van der Waals surface area contributed by atoms with E-state index >= 15 is 0 Å². The number of rotatable bonds is 9. The van der Waals surface area contributed by atoms with Crippen molar-refractivity contribution in [1.82, 2.24) is 0 Å². The van der Waals surface area contributed by atoms with E-state index in [0.29, 0.717) is 34.2 Å². The van der Waals surface area contributed by atoms with E-state index < -0.39 is 5.91 Å². The molecule has 184 valence electrons. The van der Waals surface area contributed by atoms with Gasteiger partial charge >= 0.3 is 0 Å². The van der Waals surface area contributed by atoms with Crippen LogP contribution < -0.4 is 24.8 Å². The van der Waals surface area contributed by atoms with Gasteiger partial charge < -0.3 is 24.8 Å². The van der Waals surface area contributed by atoms with Crippen molar-refractivity contribution >= 4 is 29.3 Å². The van der Waals surface area contributed by atoms with E-state index in [4.69, 9.17) is 14.2 Å². The second-order valence-corrected chi connectivity index (χ2v) is 7.89. The molecule has 0 heterocycles. The Kier molecular flexibility index (Phi) is 8.68. The molecule has 0 unspecified atom stereocenters. The number of aryl methyl sites for hydroxylation is 2. The number of benzene rings is 3. The van der Waals surface area contributed by atoms with Crippen LogP contribution in [0.3, 0.4) is 0 Å². The largest absolute Gasteiger partial charge is 0.495 e. The number of hydrogen-bond donors (Lipinski definition) is 2. The Labute approximate surface area is 210 Å². The van der Waals surface area contributed by atoms with Crippen molar-refractivity contribution in [2.75, 3.05) is 31.5 Å². The summed E-state index contributed by atoms with van der Waals surface area (Å²) >= 11 is 0. The molecule has 0 fully saturated rings. The first-order chi connectivity index (χ1) is 17.3. The fraction of sp³-hybridized carbons (Fsp3) is 0.179. The second-order valence-electron chi connectivity index (χ2n) is 7.89. The summed E-state index contributed by atoms with van der Waals surface area (Å²) in [5.74, 6) is 0.329. The van der Waals surface area contributed by atoms with E-state index in [1.807, 2.05) is 32.0 Å². The molecule has 3 aromatic rings. The lowest BCUT2D eigenvalue weighted by Crippen LogP contribution is -2.20. The number of carbonyl (C=O) groups is 2. The molecule has 0 aliphatic rings. The molecule has 0 atom stereocenters. The van der Waals surface area contributed by atoms with Crippen molar-refractivity contribution in [2.45, 2.75) is 13.8 Å². The van der Waals surface area contributed by atoms with E-state index in [1.165, 1.54) is 20.3 Å². The number of nitrogens with one attached hydrogen (secondary N) is 2. The second kappa shape index (κ2) is 12.1. The summed E-state index contributed by atoms with van der Waals surface area (Å²) in [5.41, 5.74) is 3.64. The molecule has 0 spiro atoms. The number of anilines is 2. The van der Waals surface area contributed by atoms with Gasteiger partial charge in [0.15, 0.2) is 18.1 Å². The summed E-state index contributed by atoms with van der Waals surface area (Å²) in [6, 6.07) is 19.5. The van der Waals surface area contributed by atoms with Crippen molar-refractivity contribution in [3.05, 3.63) is 82.9 Å². The average molecular weight is 486 g/mol. The van der Waals surface area contributed by atoms with Crippen molar-refractivity contribution in [2.24, 2.45) is 0 Å². The summed E-state index contributed by atoms with van der Waals surface area (Å²) < 4.78 is 16.2. The van der Waals surface area contributed by atoms with Gasteiger partial charge in [0.25, 0.3) is 11.8 Å². The number of amides is 2. The summed E-state index contributed by atoms with van der Waals surface area (Å²) in [7, 11) is 2.98. The van der Waals surface area contributed by atoms with Gasteiger partial charge in [0.2, 0.25) is 0 Å². The van der Waals surface area contributed by atoms with Crippen LogP contribution in [0.2, 0.25) is 0 Å². The number of para-hydroxylation sites is 2. The van der Waals surface area contributed by atoms with E-state index in [-0.39, 0.29) is 18.1 Å². The maximum absolute atomic E-state index is 12.7. The minimum Gasteiger partial charge on any atom is -0.495 e. The Morgan fingerprint density at radius 3 is 2.33 bits per heavy atom. The first-order valence-electron chi connectivity index (χ1n) is 11.1. The summed E-state index contributed by atoms with van der Waals surface area (Å²) in [4.78, 5) is 25.0. The third kappa shape index (κ3) is 6.64. The minimum absolute atomic E-state index is 0.0677. The van der Waals surface area contributed by atoms with Crippen LogP contribution in [0.5, 0.6) is 17.2 Å². The molecule has 0 radical (unpaired) electrons. The molecule has 0 aliphatic carbocycles. The maximum atomic E-state index is 12.7. The molecule has 3 aromatic carbocycles. The van der Waals surface area contributed by atoms with Crippen LogP contribution in [0.4, 0.5) is 11.4 Å². The summed E-state index contributed by atoms with van der Waals surface area (Å²) in [5, 5.41) is 15.0. The molecule has 0 bridgehead atoms. The predicted molar refractivity (Wildman–Crippen MR) is 138 cm³/mol. The molecule has 0 aliphatic heterocycles. The van der Waals surface area contributed by atoms with Gasteiger partial charge in [0.1, 0.15) is 17.4 Å². The Balaban J connectivity index is 1.69. The van der Waals surface area contributed by atoms with Gasteiger partial charge in [-0.2, -0.15) is 5.26 Å². The maximum Gasteiger partial charge on any atom is 0.266 e. The molecule has 8 heteroatoms. The van der Waals surface area contributed by atoms with Crippen LogP contribution in [0.25, 0.3) is 6.08 Å². The number of hydrogen-bond acceptors (Lipinski definition) is 6. The highest BCUT2D eigenvalue weighted by Gasteiger charge is 2.14. The Hall–Kier alpha value is -4.77. The molecule has 0 aromatic heterocycles. The first-order valence-corrected chi connectivity index (χ1v) is 11.1. The van der Waals surface area contributed by atoms with E-state index in [0.717, 1.165) is 11.1 Å². The number of ether oxygens (including phenoxy) is 3. The third-order valence-electron chi connectivity index (χ3n) is 5.23. The van der Waals surface area contributed by atoms with Crippen LogP contribution in [0.1, 0.15) is 16.7 Å². The van der Waals surface area contributed by atoms with Crippen molar-refractivity contribution in [3.63, 3.8) is 0 Å². The molecular weight excluding hydrogens is 458 g/mol. The number of methoxy groups -OCH3 is 2. The molecule has 8 nitrogen and oxygen atoms in total. The van der Waals surface area contributed by atoms with Gasteiger partial charge in [0, 0.05) is 5.69 Å². The van der Waals surface area contributed by atoms with Gasteiger partial charge in [-0.1, -0.05) is 35.9 Å². The zero-order chi connectivity index (χ0) is 26.1. The molecule has 0 saturated carbocycles. The van der Waals surface area contributed by atoms with Gasteiger partial charge in [-0.3, -0.25) is 9.59 Å². The highest BCUT2D eigenvalue weighted by atomic mass is 16.5. The van der Waals surface area contributed by atoms with Gasteiger partial charge in [-0.05, 0) is 61.4 Å². The SMILES string of the molecule is COc1ccccc1NC(=O)COc1ccc(/C=C(/C#N)C(=O)Nc2ccc(C)cc2C)cc1OC. The minimum atomic E-state index is -0.517. The molecule has 3 rings (SSSR count). The highest BCUT2D eigenvalue weighted by Crippen LogP contribution is 2.29. The fourth-order valence-electron chi connectivity index (χ4n) is 3.43. The molecule has 36 heavy (non-hydrogen) atoms. The van der Waals surface area contributed by atoms with E-state index in [2.05, 4.69) is 10.6 Å². The fourth-order valence-corrected chi connectivity index (χ4v) is 3.43. The Bertz CT molecular complexity index is 1340. The lowest BCUT2D eigenvalue weighted by Gasteiger charge is -2.13. The first kappa shape index (κ1) is 25.8. The Morgan fingerprint density at radius 2 is 1.64 bits per heavy atom. The quantitative estimate of drug-likeness (QED) is 0.330. The average Bonchev–Trinajstić information content (AvgIpc) is 2.88. The van der Waals surface area contributed by atoms with E-state index in [1.54, 1.807) is 48.5 Å². The van der Waals surface area contributed by atoms with Crippen molar-refractivity contribution < 1.29 is 23.8 Å². The number of nitrogens with zero attached hydrogens (tertiary/aromatic N) is 1. The third-order valence-corrected chi connectivity index (χ3v) is 5.23. The van der Waals surface area contributed by atoms with E-state index in [9.17, 15) is 14.9 Å². The van der Waals surface area contributed by atoms with Crippen LogP contribution >= 0.6 is 0 Å². The van der Waals surface area contributed by atoms with Crippen molar-refractivity contribution in [1.29, 1.82) is 5.26 Å². The van der Waals surface area contributed by atoms with Gasteiger partial charge in [-0.25, -0.2) is 0 Å². The molecular formula is C28H27N3O5. The number of nitriles is 1. The highest BCUT2D eigenvalue weighted by molar-refractivity contribution is 6.10. The van der Waals surface area contributed by atoms with Crippen molar-refractivity contribution in [3.8, 4) is 23.3 Å². The molecule has 0 saturated heterocycles. The smallest absolute Gasteiger partial charge is 0.266 e. The van der Waals surface area contributed by atoms with Crippen LogP contribution in [-0.2, 0) is 9.59 Å². The van der Waals surface area contributed by atoms with Gasteiger partial charge in [0.05, 0.1) is 19.9 Å². The van der Waals surface area contributed by atoms with Gasteiger partial charge in [-0.15, -0.1) is 0 Å². The van der Waals surface area contributed by atoms with Crippen LogP contribution in [-0.4, -0.2) is 32.6 Å². The van der Waals surface area contributed by atoms with Crippen LogP contribution in [0.15, 0.2) is 66.2 Å². The standard InChI is InChI=1S/C28H27N3O5/c1-18-9-11-22(19(2)13-18)31-28(33)21(16-29)14-20-10-12-25(26(15-20)35-4)36-17-27(32)30-23-7-5-6-8-24(23)34-3/h5-15H,17H2,1-4H3,(H,30,32)(H,31,33)/b21-14-. The number of carbonyl (C=O) groups excluding carboxylic acids is 2. The lowest BCUT2D eigenvalue weighted by atomic mass is 10.1. The lowest BCUT2D eigenvalue weighted by molar-refractivity contribution is -0.118. The normalized spacial score (nSPS) is 10.7. The molecule has 2 amide bonds. The molecule has 2 N–H and O–H groups in total.